The van der Waals surface area contributed by atoms with E-state index in [1.54, 1.807) is 13.0 Å². The molecule has 0 spiro atoms. The monoisotopic (exact) mass is 312 g/mol. The highest BCUT2D eigenvalue weighted by atomic mass is 19.1. The van der Waals surface area contributed by atoms with E-state index in [4.69, 9.17) is 9.84 Å². The van der Waals surface area contributed by atoms with E-state index in [0.29, 0.717) is 25.3 Å². The van der Waals surface area contributed by atoms with Crippen molar-refractivity contribution in [2.24, 2.45) is 5.92 Å². The molecule has 2 amide bonds. The fourth-order valence-corrected chi connectivity index (χ4v) is 2.20. The summed E-state index contributed by atoms with van der Waals surface area (Å²) in [6.45, 7) is 4.82. The van der Waals surface area contributed by atoms with Gasteiger partial charge in [-0.2, -0.15) is 0 Å². The molecule has 1 aromatic carbocycles. The molecule has 0 fully saturated rings. The van der Waals surface area contributed by atoms with Crippen molar-refractivity contribution in [2.75, 3.05) is 25.1 Å². The number of aliphatic hydroxyl groups excluding tert-OH is 1. The zero-order chi connectivity index (χ0) is 16.4. The molecule has 0 aliphatic heterocycles. The highest BCUT2D eigenvalue weighted by molar-refractivity contribution is 5.89. The fraction of sp³-hybridized carbons (Fsp3) is 0.562. The molecule has 0 heterocycles. The minimum Gasteiger partial charge on any atom is -0.491 e. The summed E-state index contributed by atoms with van der Waals surface area (Å²) in [7, 11) is 0. The molecule has 22 heavy (non-hydrogen) atoms. The lowest BCUT2D eigenvalue weighted by Gasteiger charge is -2.16. The SMILES string of the molecule is CCCC(CCO)CNC(=O)Nc1ccc(OCC)c(F)c1. The Bertz CT molecular complexity index is 463. The first-order valence-corrected chi connectivity index (χ1v) is 7.68. The second-order valence-corrected chi connectivity index (χ2v) is 5.08. The van der Waals surface area contributed by atoms with Crippen LogP contribution in [0.25, 0.3) is 0 Å². The van der Waals surface area contributed by atoms with Crippen LogP contribution in [0.3, 0.4) is 0 Å². The van der Waals surface area contributed by atoms with Gasteiger partial charge < -0.3 is 20.5 Å². The average Bonchev–Trinajstić information content (AvgIpc) is 2.48. The Morgan fingerprint density at radius 3 is 2.73 bits per heavy atom. The van der Waals surface area contributed by atoms with Crippen molar-refractivity contribution in [1.82, 2.24) is 5.32 Å². The van der Waals surface area contributed by atoms with Gasteiger partial charge >= 0.3 is 6.03 Å². The Hall–Kier alpha value is -1.82. The van der Waals surface area contributed by atoms with Gasteiger partial charge in [-0.05, 0) is 37.8 Å². The highest BCUT2D eigenvalue weighted by Crippen LogP contribution is 2.21. The second kappa shape index (κ2) is 10.00. The summed E-state index contributed by atoms with van der Waals surface area (Å²) in [5.41, 5.74) is 0.368. The van der Waals surface area contributed by atoms with Crippen LogP contribution in [0.4, 0.5) is 14.9 Å². The van der Waals surface area contributed by atoms with Gasteiger partial charge in [0.15, 0.2) is 11.6 Å². The number of carbonyl (C=O) groups excluding carboxylic acids is 1. The van der Waals surface area contributed by atoms with E-state index in [0.717, 1.165) is 12.8 Å². The molecule has 1 rings (SSSR count). The van der Waals surface area contributed by atoms with E-state index in [1.165, 1.54) is 12.1 Å². The molecule has 6 heteroatoms. The number of urea groups is 1. The number of rotatable bonds is 9. The summed E-state index contributed by atoms with van der Waals surface area (Å²) in [5.74, 6) is -0.0963. The van der Waals surface area contributed by atoms with Gasteiger partial charge in [0, 0.05) is 24.9 Å². The highest BCUT2D eigenvalue weighted by Gasteiger charge is 2.10. The lowest BCUT2D eigenvalue weighted by Crippen LogP contribution is -2.33. The predicted molar refractivity (Wildman–Crippen MR) is 84.7 cm³/mol. The van der Waals surface area contributed by atoms with Gasteiger partial charge in [0.25, 0.3) is 0 Å². The van der Waals surface area contributed by atoms with E-state index >= 15 is 0 Å². The van der Waals surface area contributed by atoms with Crippen LogP contribution in [-0.4, -0.2) is 30.9 Å². The molecule has 1 atom stereocenters. The third-order valence-electron chi connectivity index (χ3n) is 3.28. The van der Waals surface area contributed by atoms with Gasteiger partial charge in [-0.25, -0.2) is 9.18 Å². The second-order valence-electron chi connectivity index (χ2n) is 5.08. The van der Waals surface area contributed by atoms with Gasteiger partial charge in [0.05, 0.1) is 6.61 Å². The average molecular weight is 312 g/mol. The lowest BCUT2D eigenvalue weighted by atomic mass is 10.0. The molecule has 0 aliphatic rings. The fourth-order valence-electron chi connectivity index (χ4n) is 2.20. The van der Waals surface area contributed by atoms with Gasteiger partial charge in [-0.1, -0.05) is 13.3 Å². The molecule has 0 saturated carbocycles. The van der Waals surface area contributed by atoms with E-state index in [-0.39, 0.29) is 24.3 Å². The predicted octanol–water partition coefficient (Wildman–Crippen LogP) is 3.14. The molecule has 0 bridgehead atoms. The topological polar surface area (TPSA) is 70.6 Å². The summed E-state index contributed by atoms with van der Waals surface area (Å²) in [4.78, 5) is 11.8. The summed E-state index contributed by atoms with van der Waals surface area (Å²) in [6.07, 6.45) is 2.60. The molecular weight excluding hydrogens is 287 g/mol. The van der Waals surface area contributed by atoms with E-state index in [1.807, 2.05) is 0 Å². The van der Waals surface area contributed by atoms with Crippen LogP contribution in [0, 0.1) is 11.7 Å². The molecule has 1 unspecified atom stereocenters. The van der Waals surface area contributed by atoms with Gasteiger partial charge in [0.2, 0.25) is 0 Å². The normalized spacial score (nSPS) is 11.8. The number of anilines is 1. The van der Waals surface area contributed by atoms with Crippen molar-refractivity contribution in [2.45, 2.75) is 33.1 Å². The molecule has 0 saturated heterocycles. The van der Waals surface area contributed by atoms with Crippen LogP contribution in [-0.2, 0) is 0 Å². The van der Waals surface area contributed by atoms with Crippen molar-refractivity contribution in [3.8, 4) is 5.75 Å². The number of hydrogen-bond acceptors (Lipinski definition) is 3. The largest absolute Gasteiger partial charge is 0.491 e. The first kappa shape index (κ1) is 18.2. The van der Waals surface area contributed by atoms with Crippen molar-refractivity contribution < 1.29 is 19.0 Å². The number of halogens is 1. The lowest BCUT2D eigenvalue weighted by molar-refractivity contribution is 0.236. The zero-order valence-electron chi connectivity index (χ0n) is 13.2. The Balaban J connectivity index is 2.49. The minimum absolute atomic E-state index is 0.109. The molecule has 0 radical (unpaired) electrons. The third kappa shape index (κ3) is 6.30. The molecule has 3 N–H and O–H groups in total. The number of benzene rings is 1. The molecular formula is C16H25FN2O3. The van der Waals surface area contributed by atoms with Crippen molar-refractivity contribution in [3.63, 3.8) is 0 Å². The third-order valence-corrected chi connectivity index (χ3v) is 3.28. The number of hydrogen-bond donors (Lipinski definition) is 3. The number of carbonyl (C=O) groups is 1. The van der Waals surface area contributed by atoms with E-state index in [2.05, 4.69) is 17.6 Å². The van der Waals surface area contributed by atoms with Crippen LogP contribution >= 0.6 is 0 Å². The van der Waals surface area contributed by atoms with E-state index < -0.39 is 5.82 Å². The molecule has 0 aliphatic carbocycles. The molecule has 124 valence electrons. The van der Waals surface area contributed by atoms with Gasteiger partial charge in [-0.3, -0.25) is 0 Å². The maximum atomic E-state index is 13.7. The summed E-state index contributed by atoms with van der Waals surface area (Å²) >= 11 is 0. The van der Waals surface area contributed by atoms with Gasteiger partial charge in [0.1, 0.15) is 0 Å². The Kier molecular flexibility index (Phi) is 8.28. The number of aliphatic hydroxyl groups is 1. The van der Waals surface area contributed by atoms with E-state index in [9.17, 15) is 9.18 Å². The standard InChI is InChI=1S/C16H25FN2O3/c1-3-5-12(8-9-20)11-18-16(21)19-13-6-7-15(22-4-2)14(17)10-13/h6-7,10,12,20H,3-5,8-9,11H2,1-2H3,(H2,18,19,21). The first-order valence-electron chi connectivity index (χ1n) is 7.68. The maximum absolute atomic E-state index is 13.7. The van der Waals surface area contributed by atoms with Crippen LogP contribution in [0.2, 0.25) is 0 Å². The number of amides is 2. The Labute approximate surface area is 130 Å². The molecule has 1 aromatic rings. The van der Waals surface area contributed by atoms with Crippen molar-refractivity contribution in [3.05, 3.63) is 24.0 Å². The Morgan fingerprint density at radius 1 is 1.36 bits per heavy atom. The quantitative estimate of drug-likeness (QED) is 0.656. The Morgan fingerprint density at radius 2 is 2.14 bits per heavy atom. The van der Waals surface area contributed by atoms with Crippen LogP contribution < -0.4 is 15.4 Å². The van der Waals surface area contributed by atoms with Crippen molar-refractivity contribution >= 4 is 11.7 Å². The summed E-state index contributed by atoms with van der Waals surface area (Å²) in [5, 5.41) is 14.3. The zero-order valence-corrected chi connectivity index (χ0v) is 13.2. The smallest absolute Gasteiger partial charge is 0.319 e. The number of nitrogens with one attached hydrogen (secondary N) is 2. The van der Waals surface area contributed by atoms with Crippen LogP contribution in [0.15, 0.2) is 18.2 Å². The first-order chi connectivity index (χ1) is 10.6. The molecule has 0 aromatic heterocycles. The van der Waals surface area contributed by atoms with Crippen LogP contribution in [0.5, 0.6) is 5.75 Å². The summed E-state index contributed by atoms with van der Waals surface area (Å²) in [6, 6.07) is 3.91. The van der Waals surface area contributed by atoms with Crippen LogP contribution in [0.1, 0.15) is 33.1 Å². The summed E-state index contributed by atoms with van der Waals surface area (Å²) < 4.78 is 18.8. The molecule has 5 nitrogen and oxygen atoms in total. The number of ether oxygens (including phenoxy) is 1. The minimum atomic E-state index is -0.510. The van der Waals surface area contributed by atoms with Gasteiger partial charge in [-0.15, -0.1) is 0 Å². The maximum Gasteiger partial charge on any atom is 0.319 e. The van der Waals surface area contributed by atoms with Crippen molar-refractivity contribution in [1.29, 1.82) is 0 Å².